The van der Waals surface area contributed by atoms with E-state index < -0.39 is 0 Å². The van der Waals surface area contributed by atoms with Crippen molar-refractivity contribution >= 4 is 0 Å². The van der Waals surface area contributed by atoms with Gasteiger partial charge in [0.25, 0.3) is 0 Å². The fourth-order valence-electron chi connectivity index (χ4n) is 2.40. The number of aromatic nitrogens is 3. The monoisotopic (exact) mass is 268 g/mol. The van der Waals surface area contributed by atoms with Crippen molar-refractivity contribution < 1.29 is 4.74 Å². The van der Waals surface area contributed by atoms with Crippen LogP contribution >= 0.6 is 0 Å². The SMILES string of the molecule is CCCC(OCC)C(Cc1ncnn1CC)NCC. The van der Waals surface area contributed by atoms with Crippen molar-refractivity contribution in [1.29, 1.82) is 0 Å². The first-order chi connectivity index (χ1) is 9.26. The number of hydrogen-bond donors (Lipinski definition) is 1. The van der Waals surface area contributed by atoms with Gasteiger partial charge in [0.2, 0.25) is 0 Å². The second-order valence-corrected chi connectivity index (χ2v) is 4.64. The van der Waals surface area contributed by atoms with Crippen LogP contribution in [0.5, 0.6) is 0 Å². The first kappa shape index (κ1) is 16.1. The van der Waals surface area contributed by atoms with E-state index in [2.05, 4.69) is 43.1 Å². The van der Waals surface area contributed by atoms with Crippen molar-refractivity contribution in [3.8, 4) is 0 Å². The smallest absolute Gasteiger partial charge is 0.138 e. The van der Waals surface area contributed by atoms with E-state index in [9.17, 15) is 0 Å². The molecule has 0 amide bonds. The highest BCUT2D eigenvalue weighted by Gasteiger charge is 2.22. The third-order valence-corrected chi connectivity index (χ3v) is 3.27. The molecule has 0 bridgehead atoms. The molecular weight excluding hydrogens is 240 g/mol. The first-order valence-electron chi connectivity index (χ1n) is 7.48. The number of nitrogens with one attached hydrogen (secondary N) is 1. The zero-order chi connectivity index (χ0) is 14.1. The van der Waals surface area contributed by atoms with Crippen LogP contribution in [0.25, 0.3) is 0 Å². The molecule has 0 saturated heterocycles. The normalized spacial score (nSPS) is 14.5. The number of hydrogen-bond acceptors (Lipinski definition) is 4. The summed E-state index contributed by atoms with van der Waals surface area (Å²) in [6.07, 6.45) is 4.96. The minimum absolute atomic E-state index is 0.247. The molecule has 0 fully saturated rings. The van der Waals surface area contributed by atoms with Crippen LogP contribution in [0, 0.1) is 0 Å². The van der Waals surface area contributed by atoms with Crippen LogP contribution < -0.4 is 5.32 Å². The van der Waals surface area contributed by atoms with Crippen LogP contribution in [-0.2, 0) is 17.7 Å². The molecule has 5 nitrogen and oxygen atoms in total. The van der Waals surface area contributed by atoms with Crippen LogP contribution in [0.1, 0.15) is 46.4 Å². The molecule has 1 aromatic heterocycles. The van der Waals surface area contributed by atoms with Crippen LogP contribution in [-0.4, -0.2) is 40.1 Å². The Morgan fingerprint density at radius 2 is 2.11 bits per heavy atom. The Labute approximate surface area is 116 Å². The third kappa shape index (κ3) is 4.91. The summed E-state index contributed by atoms with van der Waals surface area (Å²) in [5.74, 6) is 1.04. The van der Waals surface area contributed by atoms with Gasteiger partial charge in [0.1, 0.15) is 12.2 Å². The minimum Gasteiger partial charge on any atom is -0.377 e. The van der Waals surface area contributed by atoms with Gasteiger partial charge in [-0.25, -0.2) is 4.98 Å². The number of aryl methyl sites for hydroxylation is 1. The molecule has 110 valence electrons. The van der Waals surface area contributed by atoms with Gasteiger partial charge in [0.05, 0.1) is 6.10 Å². The summed E-state index contributed by atoms with van der Waals surface area (Å²) in [6.45, 7) is 11.0. The minimum atomic E-state index is 0.247. The first-order valence-corrected chi connectivity index (χ1v) is 7.48. The van der Waals surface area contributed by atoms with E-state index in [1.165, 1.54) is 0 Å². The summed E-state index contributed by atoms with van der Waals surface area (Å²) in [5.41, 5.74) is 0. The summed E-state index contributed by atoms with van der Waals surface area (Å²) in [6, 6.07) is 0.305. The Kier molecular flexibility index (Phi) is 7.67. The molecule has 1 heterocycles. The lowest BCUT2D eigenvalue weighted by Gasteiger charge is -2.27. The highest BCUT2D eigenvalue weighted by molar-refractivity contribution is 4.92. The molecule has 0 radical (unpaired) electrons. The van der Waals surface area contributed by atoms with Crippen LogP contribution in [0.3, 0.4) is 0 Å². The fraction of sp³-hybridized carbons (Fsp3) is 0.857. The molecule has 1 aromatic rings. The molecule has 2 unspecified atom stereocenters. The number of nitrogens with zero attached hydrogens (tertiary/aromatic N) is 3. The molecular formula is C14H28N4O. The molecule has 0 aliphatic carbocycles. The summed E-state index contributed by atoms with van der Waals surface area (Å²) < 4.78 is 7.86. The standard InChI is InChI=1S/C14H28N4O/c1-5-9-13(19-8-4)12(15-6-2)10-14-16-11-17-18(14)7-3/h11-13,15H,5-10H2,1-4H3. The summed E-state index contributed by atoms with van der Waals surface area (Å²) >= 11 is 0. The van der Waals surface area contributed by atoms with E-state index in [-0.39, 0.29) is 6.10 Å². The molecule has 5 heteroatoms. The van der Waals surface area contributed by atoms with Gasteiger partial charge in [-0.1, -0.05) is 20.3 Å². The molecule has 0 aromatic carbocycles. The molecule has 1 N–H and O–H groups in total. The second kappa shape index (κ2) is 9.04. The van der Waals surface area contributed by atoms with E-state index in [0.29, 0.717) is 6.04 Å². The van der Waals surface area contributed by atoms with Gasteiger partial charge in [0, 0.05) is 25.6 Å². The summed E-state index contributed by atoms with van der Waals surface area (Å²) in [5, 5.41) is 7.77. The Morgan fingerprint density at radius 1 is 1.32 bits per heavy atom. The predicted molar refractivity (Wildman–Crippen MR) is 77.2 cm³/mol. The van der Waals surface area contributed by atoms with Crippen molar-refractivity contribution in [1.82, 2.24) is 20.1 Å². The Morgan fingerprint density at radius 3 is 2.68 bits per heavy atom. The highest BCUT2D eigenvalue weighted by atomic mass is 16.5. The fourth-order valence-corrected chi connectivity index (χ4v) is 2.40. The average molecular weight is 268 g/mol. The summed E-state index contributed by atoms with van der Waals surface area (Å²) in [4.78, 5) is 4.37. The lowest BCUT2D eigenvalue weighted by atomic mass is 10.0. The van der Waals surface area contributed by atoms with Crippen molar-refractivity contribution in [2.24, 2.45) is 0 Å². The van der Waals surface area contributed by atoms with Crippen LogP contribution in [0.4, 0.5) is 0 Å². The van der Waals surface area contributed by atoms with Crippen LogP contribution in [0.15, 0.2) is 6.33 Å². The maximum Gasteiger partial charge on any atom is 0.138 e. The molecule has 0 aliphatic rings. The van der Waals surface area contributed by atoms with E-state index in [1.54, 1.807) is 6.33 Å². The van der Waals surface area contributed by atoms with Gasteiger partial charge in [-0.2, -0.15) is 5.10 Å². The zero-order valence-electron chi connectivity index (χ0n) is 12.7. The Bertz CT molecular complexity index is 334. The van der Waals surface area contributed by atoms with Crippen LogP contribution in [0.2, 0.25) is 0 Å². The largest absolute Gasteiger partial charge is 0.377 e. The van der Waals surface area contributed by atoms with Crippen molar-refractivity contribution in [3.05, 3.63) is 12.2 Å². The quantitative estimate of drug-likeness (QED) is 0.705. The Hall–Kier alpha value is -0.940. The zero-order valence-corrected chi connectivity index (χ0v) is 12.7. The molecule has 0 saturated carbocycles. The van der Waals surface area contributed by atoms with Crippen molar-refractivity contribution in [2.45, 2.75) is 65.6 Å². The molecule has 2 atom stereocenters. The average Bonchev–Trinajstić information content (AvgIpc) is 2.85. The molecule has 1 rings (SSSR count). The molecule has 0 aliphatic heterocycles. The lowest BCUT2D eigenvalue weighted by Crippen LogP contribution is -2.43. The number of rotatable bonds is 10. The van der Waals surface area contributed by atoms with Gasteiger partial charge in [0.15, 0.2) is 0 Å². The van der Waals surface area contributed by atoms with E-state index in [4.69, 9.17) is 4.74 Å². The second-order valence-electron chi connectivity index (χ2n) is 4.64. The molecule has 19 heavy (non-hydrogen) atoms. The van der Waals surface area contributed by atoms with E-state index >= 15 is 0 Å². The van der Waals surface area contributed by atoms with Crippen molar-refractivity contribution in [3.63, 3.8) is 0 Å². The molecule has 0 spiro atoms. The number of ether oxygens (including phenoxy) is 1. The van der Waals surface area contributed by atoms with E-state index in [0.717, 1.165) is 44.8 Å². The van der Waals surface area contributed by atoms with Gasteiger partial charge >= 0.3 is 0 Å². The van der Waals surface area contributed by atoms with Gasteiger partial charge in [-0.15, -0.1) is 0 Å². The highest BCUT2D eigenvalue weighted by Crippen LogP contribution is 2.12. The van der Waals surface area contributed by atoms with Gasteiger partial charge in [-0.05, 0) is 26.8 Å². The lowest BCUT2D eigenvalue weighted by molar-refractivity contribution is 0.0278. The van der Waals surface area contributed by atoms with Crippen molar-refractivity contribution in [2.75, 3.05) is 13.2 Å². The number of likely N-dealkylation sites (N-methyl/N-ethyl adjacent to an activating group) is 1. The topological polar surface area (TPSA) is 52.0 Å². The third-order valence-electron chi connectivity index (χ3n) is 3.27. The maximum atomic E-state index is 5.90. The Balaban J connectivity index is 2.74. The predicted octanol–water partition coefficient (Wildman–Crippen LogP) is 2.02. The van der Waals surface area contributed by atoms with Gasteiger partial charge < -0.3 is 10.1 Å². The maximum absolute atomic E-state index is 5.90. The van der Waals surface area contributed by atoms with Gasteiger partial charge in [-0.3, -0.25) is 4.68 Å². The van der Waals surface area contributed by atoms with E-state index in [1.807, 2.05) is 4.68 Å². The summed E-state index contributed by atoms with van der Waals surface area (Å²) in [7, 11) is 0.